The number of hydrogen-bond acceptors (Lipinski definition) is 5. The van der Waals surface area contributed by atoms with Gasteiger partial charge in [0.05, 0.1) is 11.6 Å². The van der Waals surface area contributed by atoms with Gasteiger partial charge in [-0.2, -0.15) is 5.26 Å². The molecule has 3 atom stereocenters. The van der Waals surface area contributed by atoms with Crippen LogP contribution in [0.2, 0.25) is 0 Å². The van der Waals surface area contributed by atoms with Crippen molar-refractivity contribution in [2.75, 3.05) is 33.3 Å². The molecule has 0 radical (unpaired) electrons. The lowest BCUT2D eigenvalue weighted by atomic mass is 9.90. The fourth-order valence-electron chi connectivity index (χ4n) is 5.31. The maximum atomic E-state index is 13.2. The molecule has 0 spiro atoms. The first kappa shape index (κ1) is 21.8. The summed E-state index contributed by atoms with van der Waals surface area (Å²) in [5.41, 5.74) is 1.73. The maximum Gasteiger partial charge on any atom is 0.123 e. The highest BCUT2D eigenvalue weighted by atomic mass is 19.1. The van der Waals surface area contributed by atoms with Crippen LogP contribution in [-0.2, 0) is 6.54 Å². The molecule has 164 valence electrons. The van der Waals surface area contributed by atoms with E-state index in [0.29, 0.717) is 35.7 Å². The van der Waals surface area contributed by atoms with Gasteiger partial charge in [0.1, 0.15) is 24.3 Å². The molecule has 2 bridgehead atoms. The second kappa shape index (κ2) is 9.78. The van der Waals surface area contributed by atoms with Gasteiger partial charge in [0.15, 0.2) is 0 Å². The summed E-state index contributed by atoms with van der Waals surface area (Å²) >= 11 is 0. The Hall–Kier alpha value is -2.46. The summed E-state index contributed by atoms with van der Waals surface area (Å²) in [7, 11) is 2.18. The minimum Gasteiger partial charge on any atom is -0.491 e. The van der Waals surface area contributed by atoms with Gasteiger partial charge in [0.25, 0.3) is 0 Å². The van der Waals surface area contributed by atoms with Gasteiger partial charge in [-0.05, 0) is 73.7 Å². The van der Waals surface area contributed by atoms with Crippen molar-refractivity contribution in [2.45, 2.75) is 31.5 Å². The molecule has 1 saturated carbocycles. The third-order valence-electron chi connectivity index (χ3n) is 6.61. The molecule has 0 aromatic heterocycles. The quantitative estimate of drug-likeness (QED) is 0.706. The molecular formula is C25H30FN3O2. The highest BCUT2D eigenvalue weighted by molar-refractivity contribution is 5.34. The summed E-state index contributed by atoms with van der Waals surface area (Å²) in [6, 6.07) is 16.4. The zero-order valence-corrected chi connectivity index (χ0v) is 18.0. The molecule has 1 saturated heterocycles. The van der Waals surface area contributed by atoms with Crippen molar-refractivity contribution in [3.63, 3.8) is 0 Å². The number of nitrogens with zero attached hydrogens (tertiary/aromatic N) is 3. The van der Waals surface area contributed by atoms with Crippen LogP contribution in [0.1, 0.15) is 24.0 Å². The van der Waals surface area contributed by atoms with Gasteiger partial charge < -0.3 is 9.84 Å². The largest absolute Gasteiger partial charge is 0.491 e. The SMILES string of the molecule is CN(Cc1ccc(F)cc1)C1C2CCC1CN(CC(O)COc1ccc(C#N)cc1)C2. The monoisotopic (exact) mass is 423 g/mol. The Bertz CT molecular complexity index is 882. The van der Waals surface area contributed by atoms with E-state index in [1.807, 2.05) is 12.1 Å². The van der Waals surface area contributed by atoms with Gasteiger partial charge in [-0.1, -0.05) is 12.1 Å². The number of benzene rings is 2. The van der Waals surface area contributed by atoms with E-state index in [-0.39, 0.29) is 12.4 Å². The molecule has 0 amide bonds. The minimum absolute atomic E-state index is 0.193. The third-order valence-corrected chi connectivity index (χ3v) is 6.61. The Balaban J connectivity index is 1.26. The van der Waals surface area contributed by atoms with Crippen LogP contribution >= 0.6 is 0 Å². The second-order valence-electron chi connectivity index (χ2n) is 8.95. The molecule has 3 unspecified atom stereocenters. The number of β-amino-alcohol motifs (C(OH)–C–C–N with tert-alkyl or cyclic N) is 1. The maximum absolute atomic E-state index is 13.2. The van der Waals surface area contributed by atoms with Gasteiger partial charge in [-0.3, -0.25) is 9.80 Å². The van der Waals surface area contributed by atoms with E-state index < -0.39 is 6.10 Å². The summed E-state index contributed by atoms with van der Waals surface area (Å²) in [4.78, 5) is 4.80. The first-order valence-corrected chi connectivity index (χ1v) is 11.0. The number of halogens is 1. The van der Waals surface area contributed by atoms with Crippen LogP contribution in [0.25, 0.3) is 0 Å². The smallest absolute Gasteiger partial charge is 0.123 e. The molecule has 2 aromatic carbocycles. The second-order valence-corrected chi connectivity index (χ2v) is 8.95. The molecule has 2 fully saturated rings. The highest BCUT2D eigenvalue weighted by Gasteiger charge is 2.43. The Morgan fingerprint density at radius 2 is 1.77 bits per heavy atom. The molecule has 2 aliphatic rings. The lowest BCUT2D eigenvalue weighted by Gasteiger charge is -2.43. The zero-order valence-electron chi connectivity index (χ0n) is 18.0. The van der Waals surface area contributed by atoms with Crippen LogP contribution in [0.3, 0.4) is 0 Å². The van der Waals surface area contributed by atoms with Gasteiger partial charge in [-0.15, -0.1) is 0 Å². The number of aliphatic hydroxyl groups is 1. The summed E-state index contributed by atoms with van der Waals surface area (Å²) in [6.07, 6.45) is 1.89. The summed E-state index contributed by atoms with van der Waals surface area (Å²) in [5, 5.41) is 19.3. The number of likely N-dealkylation sites (tertiary alicyclic amines) is 1. The number of ether oxygens (including phenoxy) is 1. The van der Waals surface area contributed by atoms with Crippen molar-refractivity contribution in [3.8, 4) is 11.8 Å². The van der Waals surface area contributed by atoms with Crippen LogP contribution in [0.5, 0.6) is 5.75 Å². The van der Waals surface area contributed by atoms with E-state index in [1.165, 1.54) is 25.0 Å². The fourth-order valence-corrected chi connectivity index (χ4v) is 5.31. The average Bonchev–Trinajstić information content (AvgIpc) is 3.05. The van der Waals surface area contributed by atoms with Crippen molar-refractivity contribution < 1.29 is 14.2 Å². The first-order chi connectivity index (χ1) is 15.0. The van der Waals surface area contributed by atoms with E-state index in [9.17, 15) is 9.50 Å². The van der Waals surface area contributed by atoms with Crippen LogP contribution in [-0.4, -0.2) is 60.3 Å². The molecule has 6 heteroatoms. The van der Waals surface area contributed by atoms with Crippen molar-refractivity contribution in [3.05, 3.63) is 65.5 Å². The van der Waals surface area contributed by atoms with E-state index in [0.717, 1.165) is 25.2 Å². The molecule has 1 aliphatic carbocycles. The Kier molecular flexibility index (Phi) is 6.86. The Labute approximate surface area is 183 Å². The molecule has 5 nitrogen and oxygen atoms in total. The number of fused-ring (bicyclic) bond motifs is 2. The number of aliphatic hydroxyl groups excluding tert-OH is 1. The molecule has 31 heavy (non-hydrogen) atoms. The van der Waals surface area contributed by atoms with Crippen LogP contribution < -0.4 is 4.74 Å². The first-order valence-electron chi connectivity index (χ1n) is 11.0. The summed E-state index contributed by atoms with van der Waals surface area (Å²) < 4.78 is 18.9. The number of piperidine rings is 1. The average molecular weight is 424 g/mol. The minimum atomic E-state index is -0.552. The van der Waals surface area contributed by atoms with Gasteiger partial charge in [0, 0.05) is 32.2 Å². The number of rotatable bonds is 8. The van der Waals surface area contributed by atoms with Crippen molar-refractivity contribution in [2.24, 2.45) is 11.8 Å². The molecule has 1 N–H and O–H groups in total. The molecule has 2 aromatic rings. The molecule has 4 rings (SSSR count). The van der Waals surface area contributed by atoms with Gasteiger partial charge >= 0.3 is 0 Å². The summed E-state index contributed by atoms with van der Waals surface area (Å²) in [5.74, 6) is 1.66. The van der Waals surface area contributed by atoms with Crippen LogP contribution in [0.4, 0.5) is 4.39 Å². The van der Waals surface area contributed by atoms with Crippen molar-refractivity contribution in [1.82, 2.24) is 9.80 Å². The number of hydrogen-bond donors (Lipinski definition) is 1. The fraction of sp³-hybridized carbons (Fsp3) is 0.480. The van der Waals surface area contributed by atoms with E-state index >= 15 is 0 Å². The Morgan fingerprint density at radius 3 is 2.39 bits per heavy atom. The third kappa shape index (κ3) is 5.43. The lowest BCUT2D eigenvalue weighted by Crippen LogP contribution is -2.53. The Morgan fingerprint density at radius 1 is 1.13 bits per heavy atom. The van der Waals surface area contributed by atoms with Crippen molar-refractivity contribution in [1.29, 1.82) is 5.26 Å². The molecular weight excluding hydrogens is 393 g/mol. The van der Waals surface area contributed by atoms with Crippen LogP contribution in [0.15, 0.2) is 48.5 Å². The highest BCUT2D eigenvalue weighted by Crippen LogP contribution is 2.40. The summed E-state index contributed by atoms with van der Waals surface area (Å²) in [6.45, 7) is 3.66. The van der Waals surface area contributed by atoms with Crippen LogP contribution in [0, 0.1) is 29.0 Å². The molecule has 1 heterocycles. The van der Waals surface area contributed by atoms with E-state index in [4.69, 9.17) is 10.00 Å². The standard InChI is InChI=1S/C25H30FN3O2/c1-28(13-19-2-8-22(26)9-3-19)25-20-6-7-21(25)15-29(14-20)16-23(30)17-31-24-10-4-18(12-27)5-11-24/h2-5,8-11,20-21,23,25,30H,6-7,13-17H2,1H3. The van der Waals surface area contributed by atoms with Gasteiger partial charge in [-0.25, -0.2) is 4.39 Å². The van der Waals surface area contributed by atoms with E-state index in [1.54, 1.807) is 24.3 Å². The normalized spacial score (nSPS) is 24.2. The molecule has 1 aliphatic heterocycles. The van der Waals surface area contributed by atoms with Crippen molar-refractivity contribution >= 4 is 0 Å². The predicted octanol–water partition coefficient (Wildman–Crippen LogP) is 3.28. The lowest BCUT2D eigenvalue weighted by molar-refractivity contribution is 0.0172. The predicted molar refractivity (Wildman–Crippen MR) is 117 cm³/mol. The van der Waals surface area contributed by atoms with E-state index in [2.05, 4.69) is 22.9 Å². The zero-order chi connectivity index (χ0) is 21.8. The number of nitriles is 1. The van der Waals surface area contributed by atoms with Gasteiger partial charge in [0.2, 0.25) is 0 Å². The topological polar surface area (TPSA) is 59.7 Å².